The molecule has 0 aliphatic carbocycles. The molecule has 0 bridgehead atoms. The standard InChI is InChI=1S/C23H20Cl2N2O4S4/c1-14(2)15-4-3-5-16(12-15)17-6-7-18(26-34(28,29)22-10-8-20(24)32-22)19(13-17)27-35(30,31)23-11-9-21(25)33-23/h3-14,26-27H,1-2H3. The molecule has 12 heteroatoms. The smallest absolute Gasteiger partial charge is 0.271 e. The second-order valence-corrected chi connectivity index (χ2v) is 15.1. The van der Waals surface area contributed by atoms with Crippen molar-refractivity contribution in [1.29, 1.82) is 0 Å². The highest BCUT2D eigenvalue weighted by Crippen LogP contribution is 2.35. The van der Waals surface area contributed by atoms with Gasteiger partial charge in [-0.15, -0.1) is 22.7 Å². The molecule has 0 saturated carbocycles. The number of hydrogen-bond acceptors (Lipinski definition) is 6. The highest BCUT2D eigenvalue weighted by Gasteiger charge is 2.23. The molecule has 0 unspecified atom stereocenters. The van der Waals surface area contributed by atoms with E-state index >= 15 is 0 Å². The minimum Gasteiger partial charge on any atom is -0.277 e. The second kappa shape index (κ2) is 10.1. The molecule has 2 aromatic carbocycles. The zero-order valence-electron chi connectivity index (χ0n) is 18.5. The Hall–Kier alpha value is -2.08. The molecule has 6 nitrogen and oxygen atoms in total. The number of rotatable bonds is 8. The SMILES string of the molecule is CC(C)c1cccc(-c2ccc(NS(=O)(=O)c3ccc(Cl)s3)c(NS(=O)(=O)c3ccc(Cl)s3)c2)c1. The maximum absolute atomic E-state index is 13.0. The van der Waals surface area contributed by atoms with Crippen molar-refractivity contribution in [2.75, 3.05) is 9.44 Å². The minimum absolute atomic E-state index is 0.00792. The molecule has 0 radical (unpaired) electrons. The van der Waals surface area contributed by atoms with Crippen LogP contribution >= 0.6 is 45.9 Å². The molecule has 2 heterocycles. The van der Waals surface area contributed by atoms with Gasteiger partial charge in [0.1, 0.15) is 8.42 Å². The first kappa shape index (κ1) is 26.0. The minimum atomic E-state index is -4.02. The van der Waals surface area contributed by atoms with Crippen LogP contribution in [0.3, 0.4) is 0 Å². The van der Waals surface area contributed by atoms with Gasteiger partial charge < -0.3 is 0 Å². The summed E-state index contributed by atoms with van der Waals surface area (Å²) in [5, 5.41) is 0. The Morgan fingerprint density at radius 3 is 1.74 bits per heavy atom. The summed E-state index contributed by atoms with van der Waals surface area (Å²) in [5.74, 6) is 0.306. The van der Waals surface area contributed by atoms with E-state index in [9.17, 15) is 16.8 Å². The predicted molar refractivity (Wildman–Crippen MR) is 146 cm³/mol. The summed E-state index contributed by atoms with van der Waals surface area (Å²) in [5.41, 5.74) is 2.86. The molecule has 0 fully saturated rings. The summed E-state index contributed by atoms with van der Waals surface area (Å²) < 4.78 is 57.6. The molecule has 35 heavy (non-hydrogen) atoms. The first-order chi connectivity index (χ1) is 16.4. The van der Waals surface area contributed by atoms with Crippen LogP contribution in [0.2, 0.25) is 8.67 Å². The van der Waals surface area contributed by atoms with Gasteiger partial charge >= 0.3 is 0 Å². The fraction of sp³-hybridized carbons (Fsp3) is 0.130. The summed E-state index contributed by atoms with van der Waals surface area (Å²) >= 11 is 13.6. The molecule has 0 aliphatic heterocycles. The average molecular weight is 588 g/mol. The van der Waals surface area contributed by atoms with Crippen LogP contribution in [0.5, 0.6) is 0 Å². The number of thiophene rings is 2. The molecule has 0 amide bonds. The van der Waals surface area contributed by atoms with Crippen LogP contribution < -0.4 is 9.44 Å². The van der Waals surface area contributed by atoms with Gasteiger partial charge in [0.05, 0.1) is 20.0 Å². The number of halogens is 2. The Bertz CT molecular complexity index is 1590. The molecule has 0 atom stereocenters. The Morgan fingerprint density at radius 1 is 0.686 bits per heavy atom. The number of hydrogen-bond donors (Lipinski definition) is 2. The van der Waals surface area contributed by atoms with Gasteiger partial charge in [-0.05, 0) is 59.0 Å². The van der Waals surface area contributed by atoms with E-state index in [0.29, 0.717) is 14.6 Å². The fourth-order valence-electron chi connectivity index (χ4n) is 3.25. The maximum atomic E-state index is 13.0. The monoisotopic (exact) mass is 586 g/mol. The van der Waals surface area contributed by atoms with Gasteiger partial charge in [0.2, 0.25) is 0 Å². The molecule has 184 valence electrons. The van der Waals surface area contributed by atoms with Crippen molar-refractivity contribution in [2.45, 2.75) is 28.2 Å². The van der Waals surface area contributed by atoms with Crippen molar-refractivity contribution < 1.29 is 16.8 Å². The van der Waals surface area contributed by atoms with E-state index in [4.69, 9.17) is 23.2 Å². The number of benzene rings is 2. The Labute approximate surface area is 222 Å². The van der Waals surface area contributed by atoms with E-state index in [1.54, 1.807) is 12.1 Å². The van der Waals surface area contributed by atoms with Crippen molar-refractivity contribution in [1.82, 2.24) is 0 Å². The predicted octanol–water partition coefficient (Wildman–Crippen LogP) is 7.51. The number of sulfonamides is 2. The maximum Gasteiger partial charge on any atom is 0.271 e. The van der Waals surface area contributed by atoms with Crippen LogP contribution in [0.25, 0.3) is 11.1 Å². The summed E-state index contributed by atoms with van der Waals surface area (Å²) in [7, 11) is -8.02. The zero-order chi connectivity index (χ0) is 25.4. The Morgan fingerprint density at radius 2 is 1.23 bits per heavy atom. The molecule has 4 aromatic rings. The van der Waals surface area contributed by atoms with Crippen LogP contribution in [0.15, 0.2) is 75.1 Å². The molecule has 0 saturated heterocycles. The second-order valence-electron chi connectivity index (χ2n) is 7.87. The quantitative estimate of drug-likeness (QED) is 0.223. The van der Waals surface area contributed by atoms with E-state index in [1.807, 2.05) is 24.3 Å². The highest BCUT2D eigenvalue weighted by molar-refractivity contribution is 7.95. The van der Waals surface area contributed by atoms with Gasteiger partial charge in [-0.25, -0.2) is 16.8 Å². The summed E-state index contributed by atoms with van der Waals surface area (Å²) in [6.07, 6.45) is 0. The third-order valence-electron chi connectivity index (χ3n) is 5.02. The van der Waals surface area contributed by atoms with Crippen LogP contribution in [0.1, 0.15) is 25.3 Å². The lowest BCUT2D eigenvalue weighted by Crippen LogP contribution is -2.16. The normalized spacial score (nSPS) is 12.1. The van der Waals surface area contributed by atoms with Crippen molar-refractivity contribution in [3.63, 3.8) is 0 Å². The van der Waals surface area contributed by atoms with Crippen molar-refractivity contribution >= 4 is 77.3 Å². The molecule has 0 aliphatic rings. The van der Waals surface area contributed by atoms with E-state index in [-0.39, 0.29) is 19.8 Å². The third kappa shape index (κ3) is 6.02. The molecular formula is C23H20Cl2N2O4S4. The Kier molecular flexibility index (Phi) is 7.51. The first-order valence-corrected chi connectivity index (χ1v) is 15.6. The average Bonchev–Trinajstić information content (AvgIpc) is 3.44. The van der Waals surface area contributed by atoms with E-state index in [2.05, 4.69) is 23.3 Å². The van der Waals surface area contributed by atoms with Crippen LogP contribution in [-0.4, -0.2) is 16.8 Å². The van der Waals surface area contributed by atoms with Crippen LogP contribution in [0, 0.1) is 0 Å². The van der Waals surface area contributed by atoms with Gasteiger partial charge in [-0.1, -0.05) is 67.4 Å². The lowest BCUT2D eigenvalue weighted by Gasteiger charge is -2.16. The summed E-state index contributed by atoms with van der Waals surface area (Å²) in [4.78, 5) is 0. The van der Waals surface area contributed by atoms with Gasteiger partial charge in [0.15, 0.2) is 0 Å². The van der Waals surface area contributed by atoms with Crippen molar-refractivity contribution in [3.05, 3.63) is 81.0 Å². The van der Waals surface area contributed by atoms with Gasteiger partial charge in [-0.3, -0.25) is 9.44 Å². The van der Waals surface area contributed by atoms with Gasteiger partial charge in [-0.2, -0.15) is 0 Å². The van der Waals surface area contributed by atoms with Crippen LogP contribution in [0.4, 0.5) is 11.4 Å². The van der Waals surface area contributed by atoms with E-state index < -0.39 is 20.0 Å². The number of anilines is 2. The molecular weight excluding hydrogens is 567 g/mol. The number of nitrogens with one attached hydrogen (secondary N) is 2. The third-order valence-corrected chi connectivity index (χ3v) is 11.2. The largest absolute Gasteiger partial charge is 0.277 e. The molecule has 0 spiro atoms. The topological polar surface area (TPSA) is 92.3 Å². The molecule has 2 aromatic heterocycles. The fourth-order valence-corrected chi connectivity index (χ4v) is 8.36. The van der Waals surface area contributed by atoms with E-state index in [0.717, 1.165) is 39.4 Å². The lowest BCUT2D eigenvalue weighted by atomic mass is 9.97. The molecule has 4 rings (SSSR count). The van der Waals surface area contributed by atoms with Crippen molar-refractivity contribution in [2.24, 2.45) is 0 Å². The zero-order valence-corrected chi connectivity index (χ0v) is 23.2. The first-order valence-electron chi connectivity index (χ1n) is 10.3. The van der Waals surface area contributed by atoms with Crippen LogP contribution in [-0.2, 0) is 20.0 Å². The Balaban J connectivity index is 1.79. The van der Waals surface area contributed by atoms with Gasteiger partial charge in [0.25, 0.3) is 20.0 Å². The lowest BCUT2D eigenvalue weighted by molar-refractivity contribution is 0.601. The van der Waals surface area contributed by atoms with Gasteiger partial charge in [0, 0.05) is 0 Å². The summed E-state index contributed by atoms with van der Waals surface area (Å²) in [6, 6.07) is 18.5. The van der Waals surface area contributed by atoms with E-state index in [1.165, 1.54) is 30.3 Å². The molecule has 2 N–H and O–H groups in total. The highest BCUT2D eigenvalue weighted by atomic mass is 35.5. The van der Waals surface area contributed by atoms with Crippen molar-refractivity contribution in [3.8, 4) is 11.1 Å². The summed E-state index contributed by atoms with van der Waals surface area (Å²) in [6.45, 7) is 4.17.